The summed E-state index contributed by atoms with van der Waals surface area (Å²) in [6.45, 7) is 3.28. The van der Waals surface area contributed by atoms with Crippen molar-refractivity contribution in [3.63, 3.8) is 0 Å². The quantitative estimate of drug-likeness (QED) is 0.786. The number of ether oxygens (including phenoxy) is 2. The molecule has 3 rings (SSSR count). The second-order valence-electron chi connectivity index (χ2n) is 5.46. The van der Waals surface area contributed by atoms with Crippen LogP contribution < -0.4 is 4.74 Å². The first-order chi connectivity index (χ1) is 11.5. The molecule has 0 saturated heterocycles. The number of cyclic esters (lactones) is 1. The SMILES string of the molecule is C=C(F)C[C@]1(c2ccccc2)N=C(c2ccc(OC)cc2)OC1=O. The zero-order valence-corrected chi connectivity index (χ0v) is 13.2. The summed E-state index contributed by atoms with van der Waals surface area (Å²) in [4.78, 5) is 17.0. The maximum absolute atomic E-state index is 13.6. The first kappa shape index (κ1) is 15.9. The molecule has 4 nitrogen and oxygen atoms in total. The van der Waals surface area contributed by atoms with Crippen LogP contribution in [0.25, 0.3) is 0 Å². The lowest BCUT2D eigenvalue weighted by Gasteiger charge is -2.21. The molecule has 0 aromatic heterocycles. The smallest absolute Gasteiger partial charge is 0.346 e. The van der Waals surface area contributed by atoms with Crippen LogP contribution in [0.5, 0.6) is 5.75 Å². The van der Waals surface area contributed by atoms with Crippen molar-refractivity contribution in [2.45, 2.75) is 12.0 Å². The van der Waals surface area contributed by atoms with Crippen molar-refractivity contribution in [1.82, 2.24) is 0 Å². The number of nitrogens with zero attached hydrogens (tertiary/aromatic N) is 1. The molecule has 0 fully saturated rings. The first-order valence-electron chi connectivity index (χ1n) is 7.40. The molecule has 0 N–H and O–H groups in total. The molecular weight excluding hydrogens is 309 g/mol. The molecule has 2 aromatic carbocycles. The van der Waals surface area contributed by atoms with Crippen molar-refractivity contribution in [3.05, 3.63) is 78.1 Å². The predicted molar refractivity (Wildman–Crippen MR) is 88.6 cm³/mol. The van der Waals surface area contributed by atoms with E-state index in [1.165, 1.54) is 0 Å². The standard InChI is InChI=1S/C19H16FNO3/c1-13(20)12-19(15-6-4-3-5-7-15)18(22)24-17(21-19)14-8-10-16(23-2)11-9-14/h3-11H,1,12H2,2H3/t19-/m1/s1. The molecule has 1 heterocycles. The summed E-state index contributed by atoms with van der Waals surface area (Å²) in [5.74, 6) is -0.406. The second kappa shape index (κ2) is 6.28. The third-order valence-corrected chi connectivity index (χ3v) is 3.86. The Hall–Kier alpha value is -2.95. The van der Waals surface area contributed by atoms with E-state index in [0.29, 0.717) is 16.9 Å². The van der Waals surface area contributed by atoms with Crippen LogP contribution in [-0.2, 0) is 15.1 Å². The van der Waals surface area contributed by atoms with Crippen LogP contribution >= 0.6 is 0 Å². The number of hydrogen-bond donors (Lipinski definition) is 0. The lowest BCUT2D eigenvalue weighted by molar-refractivity contribution is -0.139. The average Bonchev–Trinajstić information content (AvgIpc) is 2.93. The van der Waals surface area contributed by atoms with Crippen LogP contribution in [-0.4, -0.2) is 19.0 Å². The van der Waals surface area contributed by atoms with Gasteiger partial charge in [-0.1, -0.05) is 36.9 Å². The van der Waals surface area contributed by atoms with Gasteiger partial charge in [0.05, 0.1) is 12.9 Å². The predicted octanol–water partition coefficient (Wildman–Crippen LogP) is 3.77. The van der Waals surface area contributed by atoms with Gasteiger partial charge in [0.1, 0.15) is 5.75 Å². The molecule has 0 aliphatic carbocycles. The molecule has 1 aliphatic heterocycles. The number of methoxy groups -OCH3 is 1. The highest BCUT2D eigenvalue weighted by Crippen LogP contribution is 2.39. The fourth-order valence-corrected chi connectivity index (χ4v) is 2.66. The Kier molecular flexibility index (Phi) is 4.16. The van der Waals surface area contributed by atoms with Gasteiger partial charge in [-0.3, -0.25) is 0 Å². The monoisotopic (exact) mass is 325 g/mol. The van der Waals surface area contributed by atoms with E-state index in [4.69, 9.17) is 9.47 Å². The van der Waals surface area contributed by atoms with Crippen molar-refractivity contribution in [3.8, 4) is 5.75 Å². The van der Waals surface area contributed by atoms with Crippen LogP contribution in [0.3, 0.4) is 0 Å². The van der Waals surface area contributed by atoms with Gasteiger partial charge in [0, 0.05) is 12.0 Å². The van der Waals surface area contributed by atoms with Gasteiger partial charge in [-0.15, -0.1) is 0 Å². The lowest BCUT2D eigenvalue weighted by atomic mass is 9.87. The van der Waals surface area contributed by atoms with Crippen LogP contribution in [0.15, 0.2) is 72.0 Å². The van der Waals surface area contributed by atoms with Gasteiger partial charge in [-0.25, -0.2) is 14.2 Å². The third-order valence-electron chi connectivity index (χ3n) is 3.86. The molecule has 0 radical (unpaired) electrons. The number of esters is 1. The minimum absolute atomic E-state index is 0.160. The highest BCUT2D eigenvalue weighted by molar-refractivity contribution is 6.08. The summed E-state index contributed by atoms with van der Waals surface area (Å²) in [5, 5.41) is 0. The summed E-state index contributed by atoms with van der Waals surface area (Å²) in [6, 6.07) is 15.8. The Balaban J connectivity index is 2.06. The number of rotatable bonds is 5. The summed E-state index contributed by atoms with van der Waals surface area (Å²) in [7, 11) is 1.56. The van der Waals surface area contributed by atoms with Gasteiger partial charge in [-0.2, -0.15) is 0 Å². The topological polar surface area (TPSA) is 47.9 Å². The van der Waals surface area contributed by atoms with E-state index < -0.39 is 17.3 Å². The number of aliphatic imine (C=N–C) groups is 1. The molecule has 0 bridgehead atoms. The molecule has 24 heavy (non-hydrogen) atoms. The zero-order valence-electron chi connectivity index (χ0n) is 13.2. The Labute approximate surface area is 139 Å². The van der Waals surface area contributed by atoms with Crippen molar-refractivity contribution < 1.29 is 18.7 Å². The summed E-state index contributed by atoms with van der Waals surface area (Å²) in [5.41, 5.74) is -0.258. The Morgan fingerprint density at radius 1 is 1.21 bits per heavy atom. The molecular formula is C19H16FNO3. The molecule has 1 atom stereocenters. The van der Waals surface area contributed by atoms with E-state index in [-0.39, 0.29) is 12.3 Å². The first-order valence-corrected chi connectivity index (χ1v) is 7.40. The van der Waals surface area contributed by atoms with E-state index in [0.717, 1.165) is 0 Å². The number of carbonyl (C=O) groups excluding carboxylic acids is 1. The van der Waals surface area contributed by atoms with E-state index in [2.05, 4.69) is 11.6 Å². The van der Waals surface area contributed by atoms with E-state index >= 15 is 0 Å². The molecule has 122 valence electrons. The van der Waals surface area contributed by atoms with Gasteiger partial charge in [-0.05, 0) is 29.8 Å². The summed E-state index contributed by atoms with van der Waals surface area (Å²) in [6.07, 6.45) is -0.254. The van der Waals surface area contributed by atoms with Crippen LogP contribution in [0.2, 0.25) is 0 Å². The largest absolute Gasteiger partial charge is 0.497 e. The van der Waals surface area contributed by atoms with Crippen LogP contribution in [0.1, 0.15) is 17.5 Å². The number of carbonyl (C=O) groups is 1. The van der Waals surface area contributed by atoms with Crippen LogP contribution in [0, 0.1) is 0 Å². The molecule has 5 heteroatoms. The Morgan fingerprint density at radius 3 is 2.46 bits per heavy atom. The lowest BCUT2D eigenvalue weighted by Crippen LogP contribution is -2.31. The van der Waals surface area contributed by atoms with E-state index in [9.17, 15) is 9.18 Å². The summed E-state index contributed by atoms with van der Waals surface area (Å²) >= 11 is 0. The fourth-order valence-electron chi connectivity index (χ4n) is 2.66. The molecule has 1 aliphatic rings. The maximum Gasteiger partial charge on any atom is 0.346 e. The fraction of sp³-hybridized carbons (Fsp3) is 0.158. The average molecular weight is 325 g/mol. The van der Waals surface area contributed by atoms with Gasteiger partial charge < -0.3 is 9.47 Å². The normalized spacial score (nSPS) is 19.6. The molecule has 2 aromatic rings. The van der Waals surface area contributed by atoms with Crippen molar-refractivity contribution >= 4 is 11.9 Å². The highest BCUT2D eigenvalue weighted by Gasteiger charge is 2.48. The molecule has 0 saturated carbocycles. The van der Waals surface area contributed by atoms with E-state index in [1.54, 1.807) is 55.6 Å². The van der Waals surface area contributed by atoms with Crippen molar-refractivity contribution in [1.29, 1.82) is 0 Å². The minimum atomic E-state index is -1.44. The number of benzene rings is 2. The Bertz CT molecular complexity index is 799. The maximum atomic E-state index is 13.6. The second-order valence-corrected chi connectivity index (χ2v) is 5.46. The molecule has 0 amide bonds. The molecule has 0 spiro atoms. The van der Waals surface area contributed by atoms with Gasteiger partial charge in [0.25, 0.3) is 0 Å². The third kappa shape index (κ3) is 2.80. The number of hydrogen-bond acceptors (Lipinski definition) is 4. The van der Waals surface area contributed by atoms with Gasteiger partial charge in [0.2, 0.25) is 5.90 Å². The summed E-state index contributed by atoms with van der Waals surface area (Å²) < 4.78 is 24.1. The van der Waals surface area contributed by atoms with E-state index in [1.807, 2.05) is 6.07 Å². The zero-order chi connectivity index (χ0) is 17.2. The molecule has 0 unspecified atom stereocenters. The number of halogens is 1. The van der Waals surface area contributed by atoms with Crippen molar-refractivity contribution in [2.75, 3.05) is 7.11 Å². The highest BCUT2D eigenvalue weighted by atomic mass is 19.1. The minimum Gasteiger partial charge on any atom is -0.497 e. The van der Waals surface area contributed by atoms with Gasteiger partial charge >= 0.3 is 5.97 Å². The van der Waals surface area contributed by atoms with Crippen molar-refractivity contribution in [2.24, 2.45) is 4.99 Å². The van der Waals surface area contributed by atoms with Gasteiger partial charge in [0.15, 0.2) is 5.54 Å². The Morgan fingerprint density at radius 2 is 1.88 bits per heavy atom. The van der Waals surface area contributed by atoms with Crippen LogP contribution in [0.4, 0.5) is 4.39 Å².